The van der Waals surface area contributed by atoms with Crippen LogP contribution in [-0.4, -0.2) is 28.4 Å². The van der Waals surface area contributed by atoms with Gasteiger partial charge in [-0.25, -0.2) is 0 Å². The number of ether oxygens (including phenoxy) is 1. The van der Waals surface area contributed by atoms with Gasteiger partial charge in [-0.15, -0.1) is 6.58 Å². The number of aldehydes is 1. The Balaban J connectivity index is 5.36. The summed E-state index contributed by atoms with van der Waals surface area (Å²) < 4.78 is 3.32. The van der Waals surface area contributed by atoms with Crippen LogP contribution in [0, 0.1) is 23.2 Å². The Hall–Kier alpha value is -0.580. The van der Waals surface area contributed by atoms with E-state index >= 15 is 0 Å². The molecule has 132 valence electrons. The molecule has 3 atom stereocenters. The maximum Gasteiger partial charge on any atom is 0.310 e. The minimum Gasteiger partial charge on any atom is -0.461 e. The summed E-state index contributed by atoms with van der Waals surface area (Å²) in [5.74, 6) is -2.65. The van der Waals surface area contributed by atoms with Crippen molar-refractivity contribution in [1.82, 2.24) is 0 Å². The number of hydrogen-bond donors (Lipinski definition) is 0. The maximum absolute atomic E-state index is 12.5. The summed E-state index contributed by atoms with van der Waals surface area (Å²) in [6.45, 7) is 9.67. The molecular formula is C16H23Cl3O4. The molecule has 0 amide bonds. The van der Waals surface area contributed by atoms with E-state index < -0.39 is 33.6 Å². The first-order valence-electron chi connectivity index (χ1n) is 7.22. The second kappa shape index (κ2) is 9.05. The second-order valence-electron chi connectivity index (χ2n) is 6.24. The number of hydrogen-bond acceptors (Lipinski definition) is 4. The molecule has 0 aromatic rings. The predicted octanol–water partition coefficient (Wildman–Crippen LogP) is 4.16. The Bertz CT molecular complexity index is 455. The van der Waals surface area contributed by atoms with Crippen molar-refractivity contribution < 1.29 is 19.1 Å². The van der Waals surface area contributed by atoms with Crippen molar-refractivity contribution in [2.75, 3.05) is 6.61 Å². The van der Waals surface area contributed by atoms with Gasteiger partial charge in [0.15, 0.2) is 0 Å². The van der Waals surface area contributed by atoms with Crippen LogP contribution in [0.5, 0.6) is 0 Å². The van der Waals surface area contributed by atoms with E-state index in [-0.39, 0.29) is 11.7 Å². The molecular weight excluding hydrogens is 363 g/mol. The minimum atomic E-state index is -1.73. The summed E-state index contributed by atoms with van der Waals surface area (Å²) in [6, 6.07) is 0. The molecule has 0 aromatic carbocycles. The van der Waals surface area contributed by atoms with Crippen LogP contribution in [0.2, 0.25) is 0 Å². The van der Waals surface area contributed by atoms with E-state index in [1.165, 1.54) is 13.8 Å². The fourth-order valence-corrected chi connectivity index (χ4v) is 2.56. The van der Waals surface area contributed by atoms with Gasteiger partial charge in [0.1, 0.15) is 18.7 Å². The first-order valence-corrected chi connectivity index (χ1v) is 8.35. The Labute approximate surface area is 152 Å². The Kier molecular flexibility index (Phi) is 8.82. The monoisotopic (exact) mass is 384 g/mol. The molecule has 0 spiro atoms. The average molecular weight is 386 g/mol. The van der Waals surface area contributed by atoms with Gasteiger partial charge in [0, 0.05) is 5.92 Å². The van der Waals surface area contributed by atoms with E-state index in [2.05, 4.69) is 6.58 Å². The van der Waals surface area contributed by atoms with Gasteiger partial charge in [0.05, 0.1) is 11.3 Å². The number of carbonyl (C=O) groups excluding carboxylic acids is 3. The van der Waals surface area contributed by atoms with Crippen LogP contribution < -0.4 is 0 Å². The van der Waals surface area contributed by atoms with Crippen molar-refractivity contribution in [2.24, 2.45) is 23.2 Å². The van der Waals surface area contributed by atoms with Gasteiger partial charge in [-0.2, -0.15) is 0 Å². The zero-order chi connectivity index (χ0) is 18.4. The average Bonchev–Trinajstić information content (AvgIpc) is 2.43. The first kappa shape index (κ1) is 22.4. The molecule has 0 aliphatic heterocycles. The van der Waals surface area contributed by atoms with Gasteiger partial charge in [0.25, 0.3) is 0 Å². The van der Waals surface area contributed by atoms with E-state index in [1.807, 2.05) is 0 Å². The third-order valence-corrected chi connectivity index (χ3v) is 4.01. The van der Waals surface area contributed by atoms with Gasteiger partial charge in [0.2, 0.25) is 3.79 Å². The van der Waals surface area contributed by atoms with E-state index in [0.29, 0.717) is 12.7 Å². The highest BCUT2D eigenvalue weighted by Crippen LogP contribution is 2.32. The zero-order valence-electron chi connectivity index (χ0n) is 13.8. The summed E-state index contributed by atoms with van der Waals surface area (Å²) in [6.07, 6.45) is 2.74. The van der Waals surface area contributed by atoms with Crippen LogP contribution >= 0.6 is 34.8 Å². The van der Waals surface area contributed by atoms with Crippen LogP contribution in [0.15, 0.2) is 12.7 Å². The van der Waals surface area contributed by atoms with E-state index in [1.54, 1.807) is 19.9 Å². The fraction of sp³-hybridized carbons (Fsp3) is 0.688. The largest absolute Gasteiger partial charge is 0.461 e. The van der Waals surface area contributed by atoms with E-state index in [9.17, 15) is 14.4 Å². The summed E-state index contributed by atoms with van der Waals surface area (Å²) >= 11 is 16.8. The van der Waals surface area contributed by atoms with Crippen LogP contribution in [0.1, 0.15) is 34.1 Å². The van der Waals surface area contributed by atoms with E-state index in [4.69, 9.17) is 39.5 Å². The van der Waals surface area contributed by atoms with Gasteiger partial charge in [-0.05, 0) is 26.2 Å². The number of Topliss-reactive ketones (excluding diaryl/α,β-unsaturated/α-hetero) is 1. The van der Waals surface area contributed by atoms with Crippen molar-refractivity contribution >= 4 is 52.8 Å². The van der Waals surface area contributed by atoms with Gasteiger partial charge in [-0.3, -0.25) is 9.59 Å². The number of allylic oxidation sites excluding steroid dienone is 1. The predicted molar refractivity (Wildman–Crippen MR) is 92.7 cm³/mol. The quantitative estimate of drug-likeness (QED) is 0.197. The number of ketones is 1. The highest BCUT2D eigenvalue weighted by Gasteiger charge is 2.41. The molecule has 0 unspecified atom stereocenters. The molecule has 4 nitrogen and oxygen atoms in total. The van der Waals surface area contributed by atoms with Crippen LogP contribution in [0.4, 0.5) is 0 Å². The third kappa shape index (κ3) is 7.23. The SMILES string of the molecule is C=CC[C@H](C)[C@@H](C(=O)OCC(Cl)(Cl)Cl)[C@H](C)C(=O)C(C)(C)C=O. The molecule has 7 heteroatoms. The topological polar surface area (TPSA) is 60.4 Å². The lowest BCUT2D eigenvalue weighted by Crippen LogP contribution is -2.41. The highest BCUT2D eigenvalue weighted by molar-refractivity contribution is 6.67. The molecule has 0 radical (unpaired) electrons. The molecule has 0 fully saturated rings. The normalized spacial score (nSPS) is 16.1. The smallest absolute Gasteiger partial charge is 0.310 e. The lowest BCUT2D eigenvalue weighted by Gasteiger charge is -2.30. The number of carbonyl (C=O) groups is 3. The van der Waals surface area contributed by atoms with Crippen molar-refractivity contribution in [3.05, 3.63) is 12.7 Å². The number of rotatable bonds is 9. The minimum absolute atomic E-state index is 0.211. The zero-order valence-corrected chi connectivity index (χ0v) is 16.0. The van der Waals surface area contributed by atoms with E-state index in [0.717, 1.165) is 0 Å². The molecule has 0 saturated carbocycles. The molecule has 0 rings (SSSR count). The summed E-state index contributed by atoms with van der Waals surface area (Å²) in [5.41, 5.74) is -1.18. The Morgan fingerprint density at radius 2 is 1.74 bits per heavy atom. The van der Waals surface area contributed by atoms with Gasteiger partial charge in [-0.1, -0.05) is 54.7 Å². The molecule has 0 aliphatic carbocycles. The molecule has 0 bridgehead atoms. The summed E-state index contributed by atoms with van der Waals surface area (Å²) in [4.78, 5) is 36.0. The molecule has 0 aliphatic rings. The molecule has 0 aromatic heterocycles. The summed E-state index contributed by atoms with van der Waals surface area (Å²) in [7, 11) is 0. The molecule has 0 heterocycles. The van der Waals surface area contributed by atoms with Crippen LogP contribution in [0.3, 0.4) is 0 Å². The second-order valence-corrected chi connectivity index (χ2v) is 8.76. The lowest BCUT2D eigenvalue weighted by molar-refractivity contribution is -0.156. The number of esters is 1. The summed E-state index contributed by atoms with van der Waals surface area (Å²) in [5, 5.41) is 0. The molecule has 23 heavy (non-hydrogen) atoms. The van der Waals surface area contributed by atoms with Crippen molar-refractivity contribution in [1.29, 1.82) is 0 Å². The first-order chi connectivity index (χ1) is 10.4. The molecule has 0 saturated heterocycles. The van der Waals surface area contributed by atoms with Gasteiger partial charge >= 0.3 is 5.97 Å². The fourth-order valence-electron chi connectivity index (χ4n) is 2.40. The van der Waals surface area contributed by atoms with Crippen LogP contribution in [-0.2, 0) is 19.1 Å². The Morgan fingerprint density at radius 1 is 1.22 bits per heavy atom. The maximum atomic E-state index is 12.5. The van der Waals surface area contributed by atoms with Crippen molar-refractivity contribution in [2.45, 2.75) is 37.9 Å². The third-order valence-electron chi connectivity index (χ3n) is 3.68. The standard InChI is InChI=1S/C16H23Cl3O4/c1-6-7-10(2)12(14(22)23-9-16(17,18)19)11(3)13(21)15(4,5)8-20/h6,8,10-12H,1,7,9H2,2-5H3/t10-,11-,12+/m0/s1. The van der Waals surface area contributed by atoms with Gasteiger partial charge < -0.3 is 9.53 Å². The highest BCUT2D eigenvalue weighted by atomic mass is 35.6. The van der Waals surface area contributed by atoms with Crippen molar-refractivity contribution in [3.63, 3.8) is 0 Å². The number of halogens is 3. The van der Waals surface area contributed by atoms with Crippen LogP contribution in [0.25, 0.3) is 0 Å². The number of alkyl halides is 3. The molecule has 0 N–H and O–H groups in total. The lowest BCUT2D eigenvalue weighted by atomic mass is 9.73. The Morgan fingerprint density at radius 3 is 2.13 bits per heavy atom. The van der Waals surface area contributed by atoms with Crippen molar-refractivity contribution in [3.8, 4) is 0 Å².